The molecule has 1 aromatic carbocycles. The number of carbonyl (C=O) groups is 1. The van der Waals surface area contributed by atoms with Crippen molar-refractivity contribution in [1.82, 2.24) is 10.3 Å². The molecule has 2 N–H and O–H groups in total. The van der Waals surface area contributed by atoms with Gasteiger partial charge in [-0.2, -0.15) is 0 Å². The summed E-state index contributed by atoms with van der Waals surface area (Å²) in [5.74, 6) is 0.433. The Hall–Kier alpha value is -2.65. The number of sulfonamides is 1. The summed E-state index contributed by atoms with van der Waals surface area (Å²) in [4.78, 5) is 16.2. The highest BCUT2D eigenvalue weighted by Crippen LogP contribution is 2.20. The van der Waals surface area contributed by atoms with Crippen LogP contribution in [0.4, 0.5) is 5.13 Å². The van der Waals surface area contributed by atoms with Gasteiger partial charge in [0.1, 0.15) is 5.76 Å². The highest BCUT2D eigenvalue weighted by molar-refractivity contribution is 7.93. The van der Waals surface area contributed by atoms with Gasteiger partial charge >= 0.3 is 0 Å². The quantitative estimate of drug-likeness (QED) is 0.658. The van der Waals surface area contributed by atoms with E-state index in [4.69, 9.17) is 4.42 Å². The number of aromatic nitrogens is 1. The van der Waals surface area contributed by atoms with Gasteiger partial charge < -0.3 is 9.73 Å². The van der Waals surface area contributed by atoms with E-state index in [0.29, 0.717) is 18.0 Å². The molecule has 0 saturated heterocycles. The Morgan fingerprint density at radius 2 is 1.96 bits per heavy atom. The molecule has 0 fully saturated rings. The first kappa shape index (κ1) is 17.2. The number of thiazole rings is 1. The summed E-state index contributed by atoms with van der Waals surface area (Å²) in [6.07, 6.45) is 1.59. The molecule has 25 heavy (non-hydrogen) atoms. The van der Waals surface area contributed by atoms with Crippen molar-refractivity contribution in [2.75, 3.05) is 4.72 Å². The molecule has 0 unspecified atom stereocenters. The Morgan fingerprint density at radius 1 is 1.16 bits per heavy atom. The van der Waals surface area contributed by atoms with E-state index in [1.165, 1.54) is 18.4 Å². The van der Waals surface area contributed by atoms with Gasteiger partial charge in [-0.1, -0.05) is 18.2 Å². The summed E-state index contributed by atoms with van der Waals surface area (Å²) in [6, 6.07) is 11.5. The summed E-state index contributed by atoms with van der Waals surface area (Å²) in [6.45, 7) is 0.295. The van der Waals surface area contributed by atoms with Crippen LogP contribution in [0.5, 0.6) is 0 Å². The molecule has 0 saturated carbocycles. The van der Waals surface area contributed by atoms with Crippen molar-refractivity contribution in [3.05, 3.63) is 65.6 Å². The Kier molecular flexibility index (Phi) is 5.15. The minimum Gasteiger partial charge on any atom is -0.467 e. The number of anilines is 1. The van der Waals surface area contributed by atoms with Crippen molar-refractivity contribution in [1.29, 1.82) is 0 Å². The lowest BCUT2D eigenvalue weighted by molar-refractivity contribution is -0.120. The van der Waals surface area contributed by atoms with Crippen molar-refractivity contribution in [3.63, 3.8) is 0 Å². The van der Waals surface area contributed by atoms with Crippen LogP contribution in [0.1, 0.15) is 11.5 Å². The maximum atomic E-state index is 12.2. The van der Waals surface area contributed by atoms with Crippen molar-refractivity contribution < 1.29 is 17.6 Å². The number of furan rings is 1. The van der Waals surface area contributed by atoms with Gasteiger partial charge in [-0.05, 0) is 24.3 Å². The van der Waals surface area contributed by atoms with E-state index in [0.717, 1.165) is 11.3 Å². The van der Waals surface area contributed by atoms with Gasteiger partial charge in [0, 0.05) is 5.38 Å². The van der Waals surface area contributed by atoms with Crippen LogP contribution >= 0.6 is 11.3 Å². The number of benzene rings is 1. The van der Waals surface area contributed by atoms with Crippen molar-refractivity contribution in [2.45, 2.75) is 17.9 Å². The Morgan fingerprint density at radius 3 is 2.68 bits per heavy atom. The second-order valence-corrected chi connectivity index (χ2v) is 7.64. The van der Waals surface area contributed by atoms with E-state index in [9.17, 15) is 13.2 Å². The molecule has 0 spiro atoms. The lowest BCUT2D eigenvalue weighted by atomic mass is 10.3. The Bertz CT molecular complexity index is 935. The van der Waals surface area contributed by atoms with E-state index in [1.807, 2.05) is 0 Å². The van der Waals surface area contributed by atoms with Gasteiger partial charge in [0.2, 0.25) is 5.91 Å². The molecule has 9 heteroatoms. The van der Waals surface area contributed by atoms with Gasteiger partial charge in [0.15, 0.2) is 5.13 Å². The summed E-state index contributed by atoms with van der Waals surface area (Å²) >= 11 is 1.13. The lowest BCUT2D eigenvalue weighted by Crippen LogP contribution is -2.24. The number of nitrogens with one attached hydrogen (secondary N) is 2. The van der Waals surface area contributed by atoms with Gasteiger partial charge in [-0.3, -0.25) is 9.52 Å². The number of hydrogen-bond acceptors (Lipinski definition) is 6. The normalized spacial score (nSPS) is 11.2. The van der Waals surface area contributed by atoms with E-state index in [1.54, 1.807) is 35.7 Å². The van der Waals surface area contributed by atoms with Crippen LogP contribution in [-0.2, 0) is 27.8 Å². The van der Waals surface area contributed by atoms with E-state index >= 15 is 0 Å². The fourth-order valence-electron chi connectivity index (χ4n) is 2.03. The smallest absolute Gasteiger partial charge is 0.263 e. The lowest BCUT2D eigenvalue weighted by Gasteiger charge is -2.04. The largest absolute Gasteiger partial charge is 0.467 e. The van der Waals surface area contributed by atoms with Crippen molar-refractivity contribution in [2.24, 2.45) is 0 Å². The number of carbonyl (C=O) groups excluding carboxylic acids is 1. The molecule has 2 aromatic heterocycles. The SMILES string of the molecule is O=C(Cc1csc(NS(=O)(=O)c2ccccc2)n1)NCc1ccco1. The summed E-state index contributed by atoms with van der Waals surface area (Å²) in [5, 5.41) is 4.58. The molecule has 0 radical (unpaired) electrons. The summed E-state index contributed by atoms with van der Waals surface area (Å²) < 4.78 is 32.0. The predicted molar refractivity (Wildman–Crippen MR) is 93.6 cm³/mol. The summed E-state index contributed by atoms with van der Waals surface area (Å²) in [5.41, 5.74) is 0.493. The average Bonchev–Trinajstić information content (AvgIpc) is 3.25. The minimum absolute atomic E-state index is 0.0598. The van der Waals surface area contributed by atoms with Crippen LogP contribution in [0.15, 0.2) is 63.4 Å². The molecule has 0 atom stereocenters. The molecule has 7 nitrogen and oxygen atoms in total. The number of hydrogen-bond donors (Lipinski definition) is 2. The zero-order chi connectivity index (χ0) is 17.7. The fourth-order valence-corrected chi connectivity index (χ4v) is 4.02. The summed E-state index contributed by atoms with van der Waals surface area (Å²) in [7, 11) is -3.68. The first-order chi connectivity index (χ1) is 12.0. The molecule has 2 heterocycles. The molecule has 0 bridgehead atoms. The van der Waals surface area contributed by atoms with Crippen LogP contribution in [0.25, 0.3) is 0 Å². The molecule has 0 aliphatic carbocycles. The van der Waals surface area contributed by atoms with E-state index < -0.39 is 10.0 Å². The number of rotatable bonds is 7. The molecule has 3 rings (SSSR count). The Labute approximate surface area is 148 Å². The first-order valence-electron chi connectivity index (χ1n) is 7.34. The zero-order valence-corrected chi connectivity index (χ0v) is 14.6. The fraction of sp³-hybridized carbons (Fsp3) is 0.125. The first-order valence-corrected chi connectivity index (χ1v) is 9.70. The molecular weight excluding hydrogens is 362 g/mol. The standard InChI is InChI=1S/C16H15N3O4S2/c20-15(17-10-13-5-4-8-23-13)9-12-11-24-16(18-12)19-25(21,22)14-6-2-1-3-7-14/h1-8,11H,9-10H2,(H,17,20)(H,18,19). The van der Waals surface area contributed by atoms with Crippen molar-refractivity contribution >= 4 is 32.4 Å². The second kappa shape index (κ2) is 7.49. The number of nitrogens with zero attached hydrogens (tertiary/aromatic N) is 1. The third kappa shape index (κ3) is 4.68. The highest BCUT2D eigenvalue weighted by atomic mass is 32.2. The van der Waals surface area contributed by atoms with Gasteiger partial charge in [0.05, 0.1) is 29.8 Å². The van der Waals surface area contributed by atoms with Crippen molar-refractivity contribution in [3.8, 4) is 0 Å². The Balaban J connectivity index is 1.58. The van der Waals surface area contributed by atoms with Gasteiger partial charge in [0.25, 0.3) is 10.0 Å². The zero-order valence-electron chi connectivity index (χ0n) is 13.0. The third-order valence-electron chi connectivity index (χ3n) is 3.21. The average molecular weight is 377 g/mol. The van der Waals surface area contributed by atoms with Crippen LogP contribution in [0.2, 0.25) is 0 Å². The van der Waals surface area contributed by atoms with E-state index in [2.05, 4.69) is 15.0 Å². The van der Waals surface area contributed by atoms with Crippen LogP contribution in [0, 0.1) is 0 Å². The topological polar surface area (TPSA) is 101 Å². The highest BCUT2D eigenvalue weighted by Gasteiger charge is 2.16. The molecule has 0 aliphatic rings. The molecule has 130 valence electrons. The van der Waals surface area contributed by atoms with Gasteiger partial charge in [-0.15, -0.1) is 11.3 Å². The maximum absolute atomic E-state index is 12.2. The van der Waals surface area contributed by atoms with Gasteiger partial charge in [-0.25, -0.2) is 13.4 Å². The number of amides is 1. The van der Waals surface area contributed by atoms with Crippen LogP contribution < -0.4 is 10.0 Å². The second-order valence-electron chi connectivity index (χ2n) is 5.10. The molecule has 3 aromatic rings. The molecule has 0 aliphatic heterocycles. The predicted octanol–water partition coefficient (Wildman–Crippen LogP) is 2.40. The minimum atomic E-state index is -3.68. The van der Waals surface area contributed by atoms with Crippen LogP contribution in [-0.4, -0.2) is 19.3 Å². The molecule has 1 amide bonds. The monoisotopic (exact) mass is 377 g/mol. The third-order valence-corrected chi connectivity index (χ3v) is 5.50. The van der Waals surface area contributed by atoms with E-state index in [-0.39, 0.29) is 22.4 Å². The molecular formula is C16H15N3O4S2. The van der Waals surface area contributed by atoms with Crippen LogP contribution in [0.3, 0.4) is 0 Å². The maximum Gasteiger partial charge on any atom is 0.263 e.